The smallest absolute Gasteiger partial charge is 0.187 e. The molecular weight excluding hydrogens is 378 g/mol. The quantitative estimate of drug-likeness (QED) is 0.281. The van der Waals surface area contributed by atoms with Gasteiger partial charge >= 0.3 is 0 Å². The second-order valence-corrected chi connectivity index (χ2v) is 6.13. The van der Waals surface area contributed by atoms with Crippen LogP contribution in [0.1, 0.15) is 20.6 Å². The fourth-order valence-electron chi connectivity index (χ4n) is 3.04. The van der Waals surface area contributed by atoms with Crippen LogP contribution < -0.4 is 0 Å². The molecule has 0 N–H and O–H groups in total. The Labute approximate surface area is 202 Å². The molecule has 0 atom stereocenters. The summed E-state index contributed by atoms with van der Waals surface area (Å²) in [5, 5.41) is 0. The summed E-state index contributed by atoms with van der Waals surface area (Å²) in [6.07, 6.45) is -1.36. The Bertz CT molecular complexity index is 2030. The van der Waals surface area contributed by atoms with Gasteiger partial charge in [0.15, 0.2) is 5.69 Å². The van der Waals surface area contributed by atoms with Crippen LogP contribution in [0.15, 0.2) is 115 Å². The van der Waals surface area contributed by atoms with Crippen LogP contribution in [0.4, 0.5) is 5.69 Å². The molecule has 0 aliphatic carbocycles. The molecule has 0 aliphatic heterocycles. The van der Waals surface area contributed by atoms with Crippen LogP contribution >= 0.6 is 0 Å². The van der Waals surface area contributed by atoms with Crippen molar-refractivity contribution in [3.63, 3.8) is 0 Å². The molecule has 0 amide bonds. The molecule has 0 spiro atoms. The van der Waals surface area contributed by atoms with Crippen molar-refractivity contribution in [2.75, 3.05) is 0 Å². The Morgan fingerprint density at radius 1 is 0.774 bits per heavy atom. The van der Waals surface area contributed by atoms with Gasteiger partial charge in [0.05, 0.1) is 32.8 Å². The summed E-state index contributed by atoms with van der Waals surface area (Å²) < 4.78 is 129. The molecule has 0 bridgehead atoms. The fourth-order valence-corrected chi connectivity index (χ4v) is 3.04. The van der Waals surface area contributed by atoms with Crippen LogP contribution in [0.2, 0.25) is 0 Å². The first-order chi connectivity index (χ1) is 21.6. The molecule has 146 valence electrons. The Kier molecular flexibility index (Phi) is 2.20. The maximum absolute atomic E-state index is 8.93. The minimum absolute atomic E-state index is 0.130. The van der Waals surface area contributed by atoms with Crippen LogP contribution in [0.25, 0.3) is 44.2 Å². The Morgan fingerprint density at radius 2 is 1.42 bits per heavy atom. The van der Waals surface area contributed by atoms with E-state index in [-0.39, 0.29) is 17.1 Å². The molecule has 3 heteroatoms. The molecule has 0 fully saturated rings. The average Bonchev–Trinajstić information content (AvgIpc) is 3.34. The minimum Gasteiger partial charge on any atom is -0.299 e. The van der Waals surface area contributed by atoms with E-state index in [1.807, 2.05) is 0 Å². The lowest BCUT2D eigenvalue weighted by Gasteiger charge is -2.18. The molecule has 0 aliphatic rings. The Hall–Kier alpha value is -4.42. The molecule has 5 aromatic rings. The van der Waals surface area contributed by atoms with Crippen LogP contribution in [0.5, 0.6) is 0 Å². The van der Waals surface area contributed by atoms with Crippen molar-refractivity contribution >= 4 is 5.69 Å². The first kappa shape index (κ1) is 8.37. The molecule has 0 unspecified atom stereocenters. The van der Waals surface area contributed by atoms with E-state index >= 15 is 0 Å². The number of nitrogens with zero attached hydrogens (tertiary/aromatic N) is 3. The Morgan fingerprint density at radius 3 is 2.03 bits per heavy atom. The van der Waals surface area contributed by atoms with Gasteiger partial charge in [-0.15, -0.1) is 0 Å². The SMILES string of the molecule is [2H]c1nc(-c2cccc([N+]#[C-])c2)n(-c2c(-c3c([2H])c([2H])c([2H])c([2H])c3[2H])c([2H])c([2H])c([2H])c2-c2c([2H])c([2H])c([2H])c([2H])c2[2H])c1[2H]. The highest BCUT2D eigenvalue weighted by Gasteiger charge is 2.17. The van der Waals surface area contributed by atoms with E-state index in [0.717, 1.165) is 4.57 Å². The van der Waals surface area contributed by atoms with Gasteiger partial charge in [-0.3, -0.25) is 4.57 Å². The van der Waals surface area contributed by atoms with Gasteiger partial charge < -0.3 is 0 Å². The van der Waals surface area contributed by atoms with Gasteiger partial charge in [0.25, 0.3) is 0 Å². The molecule has 31 heavy (non-hydrogen) atoms. The lowest BCUT2D eigenvalue weighted by molar-refractivity contribution is 1.07. The largest absolute Gasteiger partial charge is 0.299 e. The molecule has 5 rings (SSSR count). The van der Waals surface area contributed by atoms with Gasteiger partial charge in [-0.2, -0.15) is 0 Å². The second-order valence-electron chi connectivity index (χ2n) is 6.13. The zero-order chi connectivity index (χ0) is 34.1. The first-order valence-corrected chi connectivity index (χ1v) is 8.89. The topological polar surface area (TPSA) is 22.2 Å². The van der Waals surface area contributed by atoms with Crippen molar-refractivity contribution in [1.29, 1.82) is 0 Å². The molecule has 3 nitrogen and oxygen atoms in total. The number of rotatable bonds is 4. The lowest BCUT2D eigenvalue weighted by atomic mass is 9.95. The van der Waals surface area contributed by atoms with E-state index in [4.69, 9.17) is 27.1 Å². The highest BCUT2D eigenvalue weighted by Crippen LogP contribution is 2.37. The molecule has 0 radical (unpaired) electrons. The molecule has 0 saturated carbocycles. The number of benzene rings is 4. The maximum Gasteiger partial charge on any atom is 0.187 e. The summed E-state index contributed by atoms with van der Waals surface area (Å²) in [6.45, 7) is 7.42. The van der Waals surface area contributed by atoms with E-state index < -0.39 is 119 Å². The molecule has 1 aromatic heterocycles. The highest BCUT2D eigenvalue weighted by molar-refractivity contribution is 5.86. The number of aromatic nitrogens is 2. The van der Waals surface area contributed by atoms with E-state index in [1.165, 1.54) is 24.3 Å². The first-order valence-electron chi connectivity index (χ1n) is 16.4. The minimum atomic E-state index is -0.873. The fraction of sp³-hybridized carbons (Fsp3) is 0. The van der Waals surface area contributed by atoms with Gasteiger partial charge in [0, 0.05) is 29.0 Å². The summed E-state index contributed by atoms with van der Waals surface area (Å²) in [5.74, 6) is -0.237. The van der Waals surface area contributed by atoms with Crippen molar-refractivity contribution in [3.05, 3.63) is 127 Å². The third kappa shape index (κ3) is 3.52. The van der Waals surface area contributed by atoms with Crippen molar-refractivity contribution in [3.8, 4) is 39.3 Å². The molecule has 1 heterocycles. The molecule has 4 aromatic carbocycles. The third-order valence-electron chi connectivity index (χ3n) is 4.34. The number of hydrogen-bond donors (Lipinski definition) is 0. The van der Waals surface area contributed by atoms with E-state index in [1.54, 1.807) is 0 Å². The monoisotopic (exact) mass is 412 g/mol. The predicted molar refractivity (Wildman–Crippen MR) is 126 cm³/mol. The zero-order valence-electron chi connectivity index (χ0n) is 30.7. The summed E-state index contributed by atoms with van der Waals surface area (Å²) in [6, 6.07) is -4.81. The van der Waals surface area contributed by atoms with Crippen molar-refractivity contribution in [2.45, 2.75) is 0 Å². The van der Waals surface area contributed by atoms with Crippen molar-refractivity contribution in [1.82, 2.24) is 9.55 Å². The van der Waals surface area contributed by atoms with Gasteiger partial charge in [0.2, 0.25) is 0 Å². The van der Waals surface area contributed by atoms with Crippen molar-refractivity contribution < 1.29 is 20.6 Å². The second kappa shape index (κ2) is 8.14. The zero-order valence-corrected chi connectivity index (χ0v) is 15.7. The normalized spacial score (nSPS) is 17.3. The van der Waals surface area contributed by atoms with Crippen molar-refractivity contribution in [2.24, 2.45) is 0 Å². The Balaban J connectivity index is 2.16. The van der Waals surface area contributed by atoms with E-state index in [0.29, 0.717) is 0 Å². The van der Waals surface area contributed by atoms with Gasteiger partial charge in [-0.25, -0.2) is 9.83 Å². The van der Waals surface area contributed by atoms with E-state index in [2.05, 4.69) is 9.83 Å². The molecule has 0 saturated heterocycles. The predicted octanol–water partition coefficient (Wildman–Crippen LogP) is 7.42. The summed E-state index contributed by atoms with van der Waals surface area (Å²) in [4.78, 5) is 7.52. The van der Waals surface area contributed by atoms with Gasteiger partial charge in [0.1, 0.15) is 5.82 Å². The number of hydrogen-bond acceptors (Lipinski definition) is 1. The highest BCUT2D eigenvalue weighted by atomic mass is 15.1. The van der Waals surface area contributed by atoms with Gasteiger partial charge in [-0.1, -0.05) is 96.8 Å². The van der Waals surface area contributed by atoms with Crippen LogP contribution in [-0.2, 0) is 0 Å². The maximum atomic E-state index is 8.93. The van der Waals surface area contributed by atoms with Gasteiger partial charge in [-0.05, 0) is 17.2 Å². The average molecular weight is 413 g/mol. The number of imidazole rings is 1. The standard InChI is InChI=1S/C28H19N3/c1-29-24-15-8-14-23(20-24)28-30-18-19-31(28)27-25(21-10-4-2-5-11-21)16-9-17-26(27)22-12-6-3-7-13-22/h2-20H/i2D,3D,4D,5D,6D,7D,9D,10D,11D,12D,13D,16D,17D,18D,19D. The lowest BCUT2D eigenvalue weighted by Crippen LogP contribution is -2.02. The third-order valence-corrected chi connectivity index (χ3v) is 4.34. The van der Waals surface area contributed by atoms with Crippen LogP contribution in [0.3, 0.4) is 0 Å². The molecular formula is C28H19N3. The van der Waals surface area contributed by atoms with Crippen LogP contribution in [-0.4, -0.2) is 9.55 Å². The summed E-state index contributed by atoms with van der Waals surface area (Å²) in [5.41, 5.74) is -2.75. The number of para-hydroxylation sites is 1. The summed E-state index contributed by atoms with van der Waals surface area (Å²) >= 11 is 0. The van der Waals surface area contributed by atoms with Crippen LogP contribution in [0, 0.1) is 6.57 Å². The summed E-state index contributed by atoms with van der Waals surface area (Å²) in [7, 11) is 0. The van der Waals surface area contributed by atoms with E-state index in [9.17, 15) is 0 Å².